The minimum atomic E-state index is -2.88. The number of hydrogen-bond donors (Lipinski definition) is 1. The number of nitrogens with zero attached hydrogens (tertiary/aromatic N) is 3. The number of alkyl halides is 2. The van der Waals surface area contributed by atoms with Crippen LogP contribution in [0, 0.1) is 0 Å². The predicted octanol–water partition coefficient (Wildman–Crippen LogP) is 0.901. The van der Waals surface area contributed by atoms with E-state index in [2.05, 4.69) is 4.98 Å². The first-order valence-corrected chi connectivity index (χ1v) is 6.24. The Labute approximate surface area is 113 Å². The van der Waals surface area contributed by atoms with Crippen molar-refractivity contribution in [3.63, 3.8) is 0 Å². The van der Waals surface area contributed by atoms with Gasteiger partial charge in [-0.3, -0.25) is 9.20 Å². The maximum atomic E-state index is 13.5. The zero-order chi connectivity index (χ0) is 14.3. The summed E-state index contributed by atoms with van der Waals surface area (Å²) in [7, 11) is 0. The zero-order valence-electron chi connectivity index (χ0n) is 10.5. The third kappa shape index (κ3) is 2.14. The predicted molar refractivity (Wildman–Crippen MR) is 69.2 cm³/mol. The lowest BCUT2D eigenvalue weighted by Crippen LogP contribution is -2.34. The van der Waals surface area contributed by atoms with Crippen molar-refractivity contribution in [2.75, 3.05) is 18.1 Å². The highest BCUT2D eigenvalue weighted by Crippen LogP contribution is 2.34. The summed E-state index contributed by atoms with van der Waals surface area (Å²) >= 11 is 0. The summed E-state index contributed by atoms with van der Waals surface area (Å²) in [6, 6.07) is 5.54. The summed E-state index contributed by atoms with van der Waals surface area (Å²) < 4.78 is 28.3. The maximum absolute atomic E-state index is 13.5. The van der Waals surface area contributed by atoms with Crippen LogP contribution in [0.5, 0.6) is 0 Å². The first-order valence-electron chi connectivity index (χ1n) is 6.24. The van der Waals surface area contributed by atoms with Crippen LogP contribution in [-0.2, 0) is 0 Å². The Bertz CT molecular complexity index is 701. The van der Waals surface area contributed by atoms with Gasteiger partial charge in [-0.05, 0) is 12.1 Å². The smallest absolute Gasteiger partial charge is 0.267 e. The molecule has 1 fully saturated rings. The Morgan fingerprint density at radius 3 is 3.00 bits per heavy atom. The van der Waals surface area contributed by atoms with Gasteiger partial charge in [0.15, 0.2) is 0 Å². The third-order valence-electron chi connectivity index (χ3n) is 3.44. The normalized spacial score (nSPS) is 21.6. The molecule has 0 aliphatic carbocycles. The molecule has 0 aromatic carbocycles. The molecule has 3 rings (SSSR count). The SMILES string of the molecule is O=c1cc(N2CC(F)(F)CC2CO)nc2ccccn12. The molecule has 5 nitrogen and oxygen atoms in total. The minimum absolute atomic E-state index is 0.178. The quantitative estimate of drug-likeness (QED) is 0.888. The van der Waals surface area contributed by atoms with Gasteiger partial charge in [-0.1, -0.05) is 6.07 Å². The molecule has 1 saturated heterocycles. The fourth-order valence-corrected chi connectivity index (χ4v) is 2.52. The van der Waals surface area contributed by atoms with Gasteiger partial charge in [0.1, 0.15) is 11.5 Å². The van der Waals surface area contributed by atoms with Crippen molar-refractivity contribution in [3.05, 3.63) is 40.8 Å². The van der Waals surface area contributed by atoms with Gasteiger partial charge in [-0.15, -0.1) is 0 Å². The molecule has 3 heterocycles. The molecule has 20 heavy (non-hydrogen) atoms. The molecule has 0 radical (unpaired) electrons. The van der Waals surface area contributed by atoms with Crippen LogP contribution in [0.1, 0.15) is 6.42 Å². The van der Waals surface area contributed by atoms with Crippen molar-refractivity contribution < 1.29 is 13.9 Å². The maximum Gasteiger partial charge on any atom is 0.267 e. The van der Waals surface area contributed by atoms with Gasteiger partial charge in [-0.25, -0.2) is 13.8 Å². The van der Waals surface area contributed by atoms with Crippen molar-refractivity contribution in [1.29, 1.82) is 0 Å². The van der Waals surface area contributed by atoms with Crippen LogP contribution >= 0.6 is 0 Å². The van der Waals surface area contributed by atoms with Crippen LogP contribution in [0.2, 0.25) is 0 Å². The van der Waals surface area contributed by atoms with Gasteiger partial charge in [0.05, 0.1) is 19.2 Å². The van der Waals surface area contributed by atoms with E-state index in [1.54, 1.807) is 24.4 Å². The topological polar surface area (TPSA) is 57.8 Å². The molecule has 1 aliphatic heterocycles. The molecule has 1 aliphatic rings. The monoisotopic (exact) mass is 281 g/mol. The Hall–Kier alpha value is -2.02. The molecule has 0 saturated carbocycles. The average Bonchev–Trinajstić information content (AvgIpc) is 2.74. The number of aliphatic hydroxyl groups excluding tert-OH is 1. The largest absolute Gasteiger partial charge is 0.394 e. The summed E-state index contributed by atoms with van der Waals surface area (Å²) in [4.78, 5) is 17.5. The van der Waals surface area contributed by atoms with E-state index >= 15 is 0 Å². The van der Waals surface area contributed by atoms with E-state index < -0.39 is 31.5 Å². The number of rotatable bonds is 2. The van der Waals surface area contributed by atoms with Gasteiger partial charge >= 0.3 is 0 Å². The lowest BCUT2D eigenvalue weighted by Gasteiger charge is -2.23. The van der Waals surface area contributed by atoms with E-state index in [0.717, 1.165) is 0 Å². The van der Waals surface area contributed by atoms with Crippen LogP contribution in [-0.4, -0.2) is 39.6 Å². The van der Waals surface area contributed by atoms with Crippen molar-refractivity contribution in [2.24, 2.45) is 0 Å². The Morgan fingerprint density at radius 2 is 2.25 bits per heavy atom. The van der Waals surface area contributed by atoms with Gasteiger partial charge in [0, 0.05) is 18.7 Å². The Kier molecular flexibility index (Phi) is 2.93. The standard InChI is InChI=1S/C13H13F2N3O2/c14-13(15)6-9(7-19)18(8-13)11-5-12(20)17-4-2-1-3-10(17)16-11/h1-5,9,19H,6-8H2. The van der Waals surface area contributed by atoms with Gasteiger partial charge in [-0.2, -0.15) is 0 Å². The van der Waals surface area contributed by atoms with E-state index in [1.165, 1.54) is 15.4 Å². The third-order valence-corrected chi connectivity index (χ3v) is 3.44. The number of anilines is 1. The van der Waals surface area contributed by atoms with Gasteiger partial charge in [0.25, 0.3) is 11.5 Å². The summed E-state index contributed by atoms with van der Waals surface area (Å²) in [6.45, 7) is -0.931. The van der Waals surface area contributed by atoms with Crippen LogP contribution in [0.4, 0.5) is 14.6 Å². The van der Waals surface area contributed by atoms with E-state index in [0.29, 0.717) is 5.65 Å². The van der Waals surface area contributed by atoms with Crippen LogP contribution < -0.4 is 10.5 Å². The molecule has 0 amide bonds. The van der Waals surface area contributed by atoms with Gasteiger partial charge < -0.3 is 10.0 Å². The first kappa shape index (κ1) is 13.0. The van der Waals surface area contributed by atoms with Crippen molar-refractivity contribution >= 4 is 11.5 Å². The molecule has 7 heteroatoms. The summed E-state index contributed by atoms with van der Waals surface area (Å²) in [6.07, 6.45) is 1.13. The number of aromatic nitrogens is 2. The summed E-state index contributed by atoms with van der Waals surface area (Å²) in [5, 5.41) is 9.23. The second-order valence-corrected chi connectivity index (χ2v) is 4.91. The average molecular weight is 281 g/mol. The highest BCUT2D eigenvalue weighted by Gasteiger charge is 2.45. The van der Waals surface area contributed by atoms with Crippen molar-refractivity contribution in [3.8, 4) is 0 Å². The second kappa shape index (κ2) is 4.52. The highest BCUT2D eigenvalue weighted by atomic mass is 19.3. The van der Waals surface area contributed by atoms with E-state index in [9.17, 15) is 18.7 Å². The lowest BCUT2D eigenvalue weighted by molar-refractivity contribution is 0.0201. The first-order chi connectivity index (χ1) is 9.50. The van der Waals surface area contributed by atoms with Crippen LogP contribution in [0.15, 0.2) is 35.3 Å². The molecular weight excluding hydrogens is 268 g/mol. The highest BCUT2D eigenvalue weighted by molar-refractivity contribution is 5.49. The Balaban J connectivity index is 2.08. The summed E-state index contributed by atoms with van der Waals surface area (Å²) in [5.74, 6) is -2.70. The lowest BCUT2D eigenvalue weighted by atomic mass is 10.2. The molecule has 2 aromatic heterocycles. The molecule has 1 atom stereocenters. The van der Waals surface area contributed by atoms with E-state index in [4.69, 9.17) is 0 Å². The molecular formula is C13H13F2N3O2. The van der Waals surface area contributed by atoms with E-state index in [-0.39, 0.29) is 11.4 Å². The fourth-order valence-electron chi connectivity index (χ4n) is 2.52. The number of halogens is 2. The number of hydrogen-bond acceptors (Lipinski definition) is 4. The zero-order valence-corrected chi connectivity index (χ0v) is 10.5. The molecule has 1 unspecified atom stereocenters. The number of aliphatic hydroxyl groups is 1. The Morgan fingerprint density at radius 1 is 1.45 bits per heavy atom. The molecule has 0 bridgehead atoms. The fraction of sp³-hybridized carbons (Fsp3) is 0.385. The molecule has 1 N–H and O–H groups in total. The molecule has 106 valence electrons. The summed E-state index contributed by atoms with van der Waals surface area (Å²) in [5.41, 5.74) is 0.0550. The van der Waals surface area contributed by atoms with Gasteiger partial charge in [0.2, 0.25) is 0 Å². The van der Waals surface area contributed by atoms with Crippen molar-refractivity contribution in [1.82, 2.24) is 9.38 Å². The number of fused-ring (bicyclic) bond motifs is 1. The van der Waals surface area contributed by atoms with Crippen LogP contribution in [0.3, 0.4) is 0 Å². The van der Waals surface area contributed by atoms with E-state index in [1.807, 2.05) is 0 Å². The van der Waals surface area contributed by atoms with Crippen LogP contribution in [0.25, 0.3) is 5.65 Å². The number of pyridine rings is 1. The second-order valence-electron chi connectivity index (χ2n) is 4.91. The minimum Gasteiger partial charge on any atom is -0.394 e. The molecule has 2 aromatic rings. The molecule has 0 spiro atoms. The van der Waals surface area contributed by atoms with Crippen molar-refractivity contribution in [2.45, 2.75) is 18.4 Å².